The molecule has 4 atom stereocenters. The molecule has 4 nitrogen and oxygen atoms in total. The third kappa shape index (κ3) is 1.80. The third-order valence-corrected chi connectivity index (χ3v) is 6.12. The third-order valence-electron chi connectivity index (χ3n) is 6.12. The standard InChI is InChI=1S/C16H26N2O2/c1-10-13(20)18(8-6-12(19)17-10)14-15(2,3)11-5-7-16(14,4)9-11/h10-11,14H,5-9H2,1-4H3,(H,17,19). The Morgan fingerprint density at radius 1 is 1.25 bits per heavy atom. The zero-order chi connectivity index (χ0) is 14.7. The van der Waals surface area contributed by atoms with E-state index in [1.165, 1.54) is 19.3 Å². The van der Waals surface area contributed by atoms with Crippen LogP contribution in [0.25, 0.3) is 0 Å². The molecule has 1 N–H and O–H groups in total. The van der Waals surface area contributed by atoms with E-state index in [2.05, 4.69) is 26.1 Å². The van der Waals surface area contributed by atoms with Gasteiger partial charge >= 0.3 is 0 Å². The highest BCUT2D eigenvalue weighted by atomic mass is 16.2. The van der Waals surface area contributed by atoms with Crippen molar-refractivity contribution in [2.24, 2.45) is 16.7 Å². The molecular weight excluding hydrogens is 252 g/mol. The molecule has 0 spiro atoms. The summed E-state index contributed by atoms with van der Waals surface area (Å²) in [5.41, 5.74) is 0.396. The average molecular weight is 278 g/mol. The van der Waals surface area contributed by atoms with Gasteiger partial charge in [0.2, 0.25) is 11.8 Å². The molecule has 3 rings (SSSR count). The van der Waals surface area contributed by atoms with Crippen LogP contribution in [-0.4, -0.2) is 35.3 Å². The summed E-state index contributed by atoms with van der Waals surface area (Å²) in [5, 5.41) is 2.80. The van der Waals surface area contributed by atoms with E-state index in [4.69, 9.17) is 0 Å². The average Bonchev–Trinajstić information content (AvgIpc) is 2.79. The van der Waals surface area contributed by atoms with Gasteiger partial charge in [-0.2, -0.15) is 0 Å². The first-order chi connectivity index (χ1) is 9.25. The molecule has 2 amide bonds. The number of carbonyl (C=O) groups is 2. The van der Waals surface area contributed by atoms with Crippen molar-refractivity contribution in [1.29, 1.82) is 0 Å². The summed E-state index contributed by atoms with van der Waals surface area (Å²) >= 11 is 0. The molecule has 3 aliphatic rings. The van der Waals surface area contributed by atoms with Gasteiger partial charge in [-0.05, 0) is 42.9 Å². The van der Waals surface area contributed by atoms with Crippen molar-refractivity contribution in [2.45, 2.75) is 65.5 Å². The van der Waals surface area contributed by atoms with Gasteiger partial charge in [0.25, 0.3) is 0 Å². The van der Waals surface area contributed by atoms with E-state index < -0.39 is 0 Å². The van der Waals surface area contributed by atoms with E-state index in [9.17, 15) is 9.59 Å². The zero-order valence-electron chi connectivity index (χ0n) is 13.0. The van der Waals surface area contributed by atoms with Crippen molar-refractivity contribution in [3.63, 3.8) is 0 Å². The maximum absolute atomic E-state index is 12.7. The predicted molar refractivity (Wildman–Crippen MR) is 77.0 cm³/mol. The highest BCUT2D eigenvalue weighted by Crippen LogP contribution is 2.64. The quantitative estimate of drug-likeness (QED) is 0.797. The van der Waals surface area contributed by atoms with E-state index in [0.717, 1.165) is 0 Å². The van der Waals surface area contributed by atoms with Crippen LogP contribution in [0.2, 0.25) is 0 Å². The first-order valence-corrected chi connectivity index (χ1v) is 7.85. The lowest BCUT2D eigenvalue weighted by Gasteiger charge is -2.49. The maximum Gasteiger partial charge on any atom is 0.245 e. The maximum atomic E-state index is 12.7. The Morgan fingerprint density at radius 3 is 2.55 bits per heavy atom. The molecular formula is C16H26N2O2. The van der Waals surface area contributed by atoms with Gasteiger partial charge in [0.1, 0.15) is 6.04 Å². The molecule has 112 valence electrons. The number of nitrogens with one attached hydrogen (secondary N) is 1. The largest absolute Gasteiger partial charge is 0.345 e. The van der Waals surface area contributed by atoms with Gasteiger partial charge in [-0.3, -0.25) is 9.59 Å². The SMILES string of the molecule is CC1NC(=O)CCN(C2C3(C)CCC(C3)C2(C)C)C1=O. The molecule has 4 unspecified atom stereocenters. The first-order valence-electron chi connectivity index (χ1n) is 7.85. The number of hydrogen-bond donors (Lipinski definition) is 1. The van der Waals surface area contributed by atoms with Crippen LogP contribution in [0.4, 0.5) is 0 Å². The summed E-state index contributed by atoms with van der Waals surface area (Å²) in [7, 11) is 0. The minimum absolute atomic E-state index is 0.000495. The summed E-state index contributed by atoms with van der Waals surface area (Å²) in [5.74, 6) is 0.815. The number of amides is 2. The van der Waals surface area contributed by atoms with Crippen LogP contribution in [-0.2, 0) is 9.59 Å². The molecule has 1 aliphatic heterocycles. The van der Waals surface area contributed by atoms with Crippen LogP contribution in [0.1, 0.15) is 53.4 Å². The minimum Gasteiger partial charge on any atom is -0.345 e. The van der Waals surface area contributed by atoms with Crippen molar-refractivity contribution >= 4 is 11.8 Å². The number of hydrogen-bond acceptors (Lipinski definition) is 2. The molecule has 20 heavy (non-hydrogen) atoms. The van der Waals surface area contributed by atoms with Crippen molar-refractivity contribution in [3.8, 4) is 0 Å². The first kappa shape index (κ1) is 13.9. The van der Waals surface area contributed by atoms with E-state index in [1.54, 1.807) is 6.92 Å². The predicted octanol–water partition coefficient (Wildman–Crippen LogP) is 1.94. The van der Waals surface area contributed by atoms with Crippen molar-refractivity contribution in [3.05, 3.63) is 0 Å². The smallest absolute Gasteiger partial charge is 0.245 e. The molecule has 2 bridgehead atoms. The number of nitrogens with zero attached hydrogens (tertiary/aromatic N) is 1. The molecule has 3 fully saturated rings. The second-order valence-electron chi connectivity index (χ2n) is 7.89. The van der Waals surface area contributed by atoms with Crippen molar-refractivity contribution in [1.82, 2.24) is 10.2 Å². The molecule has 0 aromatic rings. The van der Waals surface area contributed by atoms with Crippen LogP contribution < -0.4 is 5.32 Å². The molecule has 2 aliphatic carbocycles. The van der Waals surface area contributed by atoms with Crippen LogP contribution >= 0.6 is 0 Å². The molecule has 0 aromatic carbocycles. The van der Waals surface area contributed by atoms with E-state index in [1.807, 2.05) is 4.90 Å². The summed E-state index contributed by atoms with van der Waals surface area (Å²) in [6.45, 7) is 9.34. The highest BCUT2D eigenvalue weighted by Gasteiger charge is 2.62. The van der Waals surface area contributed by atoms with Gasteiger partial charge in [-0.1, -0.05) is 20.8 Å². The lowest BCUT2D eigenvalue weighted by molar-refractivity contribution is -0.141. The fraction of sp³-hybridized carbons (Fsp3) is 0.875. The number of carbonyl (C=O) groups excluding carboxylic acids is 2. The highest BCUT2D eigenvalue weighted by molar-refractivity contribution is 5.90. The lowest BCUT2D eigenvalue weighted by Crippen LogP contribution is -2.57. The summed E-state index contributed by atoms with van der Waals surface area (Å²) < 4.78 is 0. The molecule has 1 heterocycles. The monoisotopic (exact) mass is 278 g/mol. The lowest BCUT2D eigenvalue weighted by atomic mass is 9.67. The normalized spacial score (nSPS) is 43.6. The van der Waals surface area contributed by atoms with Gasteiger partial charge in [0, 0.05) is 19.0 Å². The fourth-order valence-electron chi connectivity index (χ4n) is 5.27. The number of fused-ring (bicyclic) bond motifs is 2. The van der Waals surface area contributed by atoms with Gasteiger partial charge in [-0.15, -0.1) is 0 Å². The van der Waals surface area contributed by atoms with E-state index >= 15 is 0 Å². The fourth-order valence-corrected chi connectivity index (χ4v) is 5.27. The Labute approximate surface area is 121 Å². The van der Waals surface area contributed by atoms with E-state index in [-0.39, 0.29) is 34.7 Å². The summed E-state index contributed by atoms with van der Waals surface area (Å²) in [4.78, 5) is 26.4. The summed E-state index contributed by atoms with van der Waals surface area (Å²) in [6, 6.07) is -0.111. The Hall–Kier alpha value is -1.06. The minimum atomic E-state index is -0.386. The number of rotatable bonds is 1. The topological polar surface area (TPSA) is 49.4 Å². The van der Waals surface area contributed by atoms with Crippen LogP contribution in [0.15, 0.2) is 0 Å². The molecule has 1 saturated heterocycles. The molecule has 0 aromatic heterocycles. The van der Waals surface area contributed by atoms with Gasteiger partial charge in [0.05, 0.1) is 0 Å². The van der Waals surface area contributed by atoms with Crippen LogP contribution in [0.3, 0.4) is 0 Å². The van der Waals surface area contributed by atoms with Crippen LogP contribution in [0.5, 0.6) is 0 Å². The van der Waals surface area contributed by atoms with Crippen LogP contribution in [0, 0.1) is 16.7 Å². The Balaban J connectivity index is 1.94. The molecule has 0 radical (unpaired) electrons. The van der Waals surface area contributed by atoms with Crippen molar-refractivity contribution < 1.29 is 9.59 Å². The molecule has 4 heteroatoms. The second kappa shape index (κ2) is 4.22. The van der Waals surface area contributed by atoms with Gasteiger partial charge in [-0.25, -0.2) is 0 Å². The van der Waals surface area contributed by atoms with Gasteiger partial charge in [0.15, 0.2) is 0 Å². The van der Waals surface area contributed by atoms with Gasteiger partial charge < -0.3 is 10.2 Å². The van der Waals surface area contributed by atoms with E-state index in [0.29, 0.717) is 18.9 Å². The Morgan fingerprint density at radius 2 is 1.95 bits per heavy atom. The van der Waals surface area contributed by atoms with Crippen molar-refractivity contribution in [2.75, 3.05) is 6.54 Å². The molecule has 2 saturated carbocycles. The second-order valence-corrected chi connectivity index (χ2v) is 7.89. The zero-order valence-corrected chi connectivity index (χ0v) is 13.0. The Kier molecular flexibility index (Phi) is 2.93. The summed E-state index contributed by atoms with van der Waals surface area (Å²) in [6.07, 6.45) is 4.16. The Bertz CT molecular complexity index is 455.